The van der Waals surface area contributed by atoms with E-state index in [0.29, 0.717) is 29.5 Å². The van der Waals surface area contributed by atoms with Gasteiger partial charge >= 0.3 is 0 Å². The fourth-order valence-corrected chi connectivity index (χ4v) is 3.31. The highest BCUT2D eigenvalue weighted by Gasteiger charge is 2.16. The summed E-state index contributed by atoms with van der Waals surface area (Å²) in [5, 5.41) is 0. The summed E-state index contributed by atoms with van der Waals surface area (Å²) in [5.41, 5.74) is 4.29. The van der Waals surface area contributed by atoms with Crippen molar-refractivity contribution in [1.29, 1.82) is 0 Å². The summed E-state index contributed by atoms with van der Waals surface area (Å²) in [6, 6.07) is 17.7. The van der Waals surface area contributed by atoms with E-state index in [1.807, 2.05) is 31.2 Å². The van der Waals surface area contributed by atoms with Crippen molar-refractivity contribution in [2.75, 3.05) is 7.11 Å². The predicted molar refractivity (Wildman–Crippen MR) is 125 cm³/mol. The molecule has 3 rings (SSSR count). The van der Waals surface area contributed by atoms with E-state index in [2.05, 4.69) is 13.2 Å². The van der Waals surface area contributed by atoms with Crippen molar-refractivity contribution in [2.45, 2.75) is 19.8 Å². The van der Waals surface area contributed by atoms with Gasteiger partial charge in [0.25, 0.3) is 0 Å². The smallest absolute Gasteiger partial charge is 0.167 e. The van der Waals surface area contributed by atoms with Gasteiger partial charge in [0.1, 0.15) is 5.76 Å². The third kappa shape index (κ3) is 5.38. The molecule has 0 aromatic heterocycles. The highest BCUT2D eigenvalue weighted by Crippen LogP contribution is 2.32. The van der Waals surface area contributed by atoms with Crippen LogP contribution in [-0.4, -0.2) is 7.11 Å². The molecule has 0 amide bonds. The highest BCUT2D eigenvalue weighted by molar-refractivity contribution is 5.72. The van der Waals surface area contributed by atoms with Gasteiger partial charge in [0.2, 0.25) is 0 Å². The van der Waals surface area contributed by atoms with Gasteiger partial charge in [0.15, 0.2) is 17.5 Å². The number of hydrogen-bond acceptors (Lipinski definition) is 1. The Labute approximate surface area is 187 Å². The van der Waals surface area contributed by atoms with Crippen molar-refractivity contribution in [1.82, 2.24) is 0 Å². The summed E-state index contributed by atoms with van der Waals surface area (Å²) in [7, 11) is 1.35. The van der Waals surface area contributed by atoms with Crippen LogP contribution >= 0.6 is 0 Å². The topological polar surface area (TPSA) is 9.23 Å². The minimum atomic E-state index is -0.872. The van der Waals surface area contributed by atoms with E-state index in [-0.39, 0.29) is 16.9 Å². The molecule has 0 heterocycles. The maximum Gasteiger partial charge on any atom is 0.167 e. The lowest BCUT2D eigenvalue weighted by Crippen LogP contribution is -1.95. The summed E-state index contributed by atoms with van der Waals surface area (Å²) < 4.78 is 48.1. The Morgan fingerprint density at radius 2 is 1.34 bits per heavy atom. The van der Waals surface area contributed by atoms with E-state index in [1.165, 1.54) is 13.2 Å². The average Bonchev–Trinajstić information content (AvgIpc) is 2.80. The van der Waals surface area contributed by atoms with Gasteiger partial charge in [-0.2, -0.15) is 0 Å². The summed E-state index contributed by atoms with van der Waals surface area (Å²) in [6.07, 6.45) is 2.47. The van der Waals surface area contributed by atoms with Gasteiger partial charge in [-0.3, -0.25) is 0 Å². The van der Waals surface area contributed by atoms with Crippen molar-refractivity contribution >= 4 is 0 Å². The fraction of sp³-hybridized carbons (Fsp3) is 0.143. The number of rotatable bonds is 8. The molecule has 0 saturated heterocycles. The van der Waals surface area contributed by atoms with Gasteiger partial charge in [0.05, 0.1) is 7.11 Å². The molecular weight excluding hydrogens is 409 g/mol. The molecule has 0 aliphatic heterocycles. The second kappa shape index (κ2) is 10.2. The van der Waals surface area contributed by atoms with Gasteiger partial charge in [-0.15, -0.1) is 0 Å². The van der Waals surface area contributed by atoms with E-state index in [0.717, 1.165) is 11.1 Å². The molecule has 0 aliphatic rings. The molecule has 0 atom stereocenters. The van der Waals surface area contributed by atoms with Crippen molar-refractivity contribution in [2.24, 2.45) is 0 Å². The molecular formula is C28H25F3O. The van der Waals surface area contributed by atoms with Crippen LogP contribution in [0, 0.1) is 18.6 Å². The first-order valence-electron chi connectivity index (χ1n) is 10.2. The third-order valence-corrected chi connectivity index (χ3v) is 5.29. The Morgan fingerprint density at radius 1 is 0.844 bits per heavy atom. The second-order valence-corrected chi connectivity index (χ2v) is 7.63. The van der Waals surface area contributed by atoms with E-state index >= 15 is 0 Å². The standard InChI is InChI=1S/C28H25F3O/c1-18-6-11-22(12-7-18)24-15-16-25(28(31)27(24)30)23-13-9-21(10-14-23)8-5-19(2)17-26(29)20(3)32-4/h6-7,9-17H,2-3,5,8H2,1,4H3/b26-17+. The number of hydrogen-bond donors (Lipinski definition) is 0. The Balaban J connectivity index is 1.73. The molecule has 32 heavy (non-hydrogen) atoms. The molecule has 4 heteroatoms. The number of methoxy groups -OCH3 is 1. The van der Waals surface area contributed by atoms with Crippen LogP contribution in [0.2, 0.25) is 0 Å². The van der Waals surface area contributed by atoms with Gasteiger partial charge in [-0.1, -0.05) is 85.0 Å². The first-order chi connectivity index (χ1) is 15.3. The molecule has 0 bridgehead atoms. The molecule has 0 aliphatic carbocycles. The van der Waals surface area contributed by atoms with E-state index in [4.69, 9.17) is 4.74 Å². The van der Waals surface area contributed by atoms with Gasteiger partial charge in [-0.05, 0) is 42.5 Å². The molecule has 3 aromatic rings. The Hall–Kier alpha value is -3.53. The van der Waals surface area contributed by atoms with Crippen LogP contribution in [0.1, 0.15) is 17.5 Å². The monoisotopic (exact) mass is 434 g/mol. The van der Waals surface area contributed by atoms with Gasteiger partial charge in [0, 0.05) is 11.1 Å². The number of halogens is 3. The lowest BCUT2D eigenvalue weighted by atomic mass is 9.97. The molecule has 0 spiro atoms. The van der Waals surface area contributed by atoms with E-state index in [9.17, 15) is 13.2 Å². The number of benzene rings is 3. The molecule has 0 unspecified atom stereocenters. The Bertz CT molecular complexity index is 1160. The predicted octanol–water partition coefficient (Wildman–Crippen LogP) is 8.11. The van der Waals surface area contributed by atoms with Gasteiger partial charge in [-0.25, -0.2) is 13.2 Å². The molecule has 0 N–H and O–H groups in total. The normalized spacial score (nSPS) is 11.3. The van der Waals surface area contributed by atoms with Crippen LogP contribution in [0.4, 0.5) is 13.2 Å². The van der Waals surface area contributed by atoms with Crippen LogP contribution in [0.25, 0.3) is 22.3 Å². The van der Waals surface area contributed by atoms with Crippen LogP contribution < -0.4 is 0 Å². The maximum atomic E-state index is 14.8. The molecule has 164 valence electrons. The highest BCUT2D eigenvalue weighted by atomic mass is 19.2. The molecule has 0 radical (unpaired) electrons. The fourth-order valence-electron chi connectivity index (χ4n) is 3.31. The number of ether oxygens (including phenoxy) is 1. The minimum Gasteiger partial charge on any atom is -0.494 e. The van der Waals surface area contributed by atoms with Gasteiger partial charge < -0.3 is 4.74 Å². The first kappa shape index (κ1) is 23.1. The third-order valence-electron chi connectivity index (χ3n) is 5.29. The summed E-state index contributed by atoms with van der Waals surface area (Å²) >= 11 is 0. The lowest BCUT2D eigenvalue weighted by Gasteiger charge is -2.10. The molecule has 0 fully saturated rings. The summed E-state index contributed by atoms with van der Waals surface area (Å²) in [6.45, 7) is 9.25. The maximum absolute atomic E-state index is 14.8. The van der Waals surface area contributed by atoms with E-state index in [1.54, 1.807) is 36.4 Å². The number of allylic oxidation sites excluding steroid dienone is 3. The minimum absolute atomic E-state index is 0.0434. The van der Waals surface area contributed by atoms with Crippen molar-refractivity contribution in [3.63, 3.8) is 0 Å². The largest absolute Gasteiger partial charge is 0.494 e. The molecule has 0 saturated carbocycles. The van der Waals surface area contributed by atoms with Crippen LogP contribution in [0.15, 0.2) is 97.1 Å². The van der Waals surface area contributed by atoms with Crippen molar-refractivity contribution < 1.29 is 17.9 Å². The summed E-state index contributed by atoms with van der Waals surface area (Å²) in [5.74, 6) is -2.33. The zero-order valence-corrected chi connectivity index (χ0v) is 18.2. The SMILES string of the molecule is C=C(/C=C(/F)C(=C)OC)CCc1ccc(-c2ccc(-c3ccc(C)cc3)c(F)c2F)cc1. The van der Waals surface area contributed by atoms with Crippen LogP contribution in [-0.2, 0) is 11.2 Å². The number of aryl methyl sites for hydroxylation is 2. The van der Waals surface area contributed by atoms with Crippen molar-refractivity contribution in [3.05, 3.63) is 120 Å². The van der Waals surface area contributed by atoms with Crippen LogP contribution in [0.5, 0.6) is 0 Å². The average molecular weight is 435 g/mol. The zero-order chi connectivity index (χ0) is 23.3. The molecule has 1 nitrogen and oxygen atoms in total. The lowest BCUT2D eigenvalue weighted by molar-refractivity contribution is 0.285. The zero-order valence-electron chi connectivity index (χ0n) is 18.2. The Morgan fingerprint density at radius 3 is 1.84 bits per heavy atom. The van der Waals surface area contributed by atoms with Crippen molar-refractivity contribution in [3.8, 4) is 22.3 Å². The molecule has 3 aromatic carbocycles. The Kier molecular flexibility index (Phi) is 7.37. The second-order valence-electron chi connectivity index (χ2n) is 7.63. The van der Waals surface area contributed by atoms with E-state index < -0.39 is 17.5 Å². The summed E-state index contributed by atoms with van der Waals surface area (Å²) in [4.78, 5) is 0. The van der Waals surface area contributed by atoms with Crippen LogP contribution in [0.3, 0.4) is 0 Å². The quantitative estimate of drug-likeness (QED) is 0.257. The first-order valence-corrected chi connectivity index (χ1v) is 10.2.